The summed E-state index contributed by atoms with van der Waals surface area (Å²) in [6.07, 6.45) is 21.5. The molecule has 1 aliphatic heterocycles. The molecule has 1 aromatic carbocycles. The van der Waals surface area contributed by atoms with Crippen LogP contribution in [0, 0.1) is 5.82 Å². The van der Waals surface area contributed by atoms with Gasteiger partial charge in [0.15, 0.2) is 0 Å². The van der Waals surface area contributed by atoms with Crippen LogP contribution in [0.1, 0.15) is 127 Å². The zero-order valence-corrected chi connectivity index (χ0v) is 26.5. The first-order chi connectivity index (χ1) is 20.8. The Bertz CT molecular complexity index is 1180. The van der Waals surface area contributed by atoms with Gasteiger partial charge in [0.1, 0.15) is 11.4 Å². The van der Waals surface area contributed by atoms with Gasteiger partial charge in [0.2, 0.25) is 5.43 Å². The summed E-state index contributed by atoms with van der Waals surface area (Å²) in [5.74, 6) is -2.45. The molecule has 3 N–H and O–H groups in total. The third kappa shape index (κ3) is 13.1. The summed E-state index contributed by atoms with van der Waals surface area (Å²) in [4.78, 5) is 35.8. The second-order valence-electron chi connectivity index (χ2n) is 11.6. The number of carboxylic acids is 2. The van der Waals surface area contributed by atoms with E-state index in [1.54, 1.807) is 10.6 Å². The quantitative estimate of drug-likeness (QED) is 0.142. The summed E-state index contributed by atoms with van der Waals surface area (Å²) in [6, 6.07) is 2.81. The van der Waals surface area contributed by atoms with E-state index in [1.165, 1.54) is 89.7 Å². The molecule has 0 spiro atoms. The van der Waals surface area contributed by atoms with Crippen molar-refractivity contribution in [3.8, 4) is 0 Å². The normalized spacial score (nSPS) is 13.1. The Kier molecular flexibility index (Phi) is 17.6. The third-order valence-corrected chi connectivity index (χ3v) is 8.17. The lowest BCUT2D eigenvalue weighted by Gasteiger charge is -2.30. The Labute approximate surface area is 256 Å². The molecule has 1 fully saturated rings. The van der Waals surface area contributed by atoms with E-state index >= 15 is 0 Å². The van der Waals surface area contributed by atoms with E-state index in [0.29, 0.717) is 37.3 Å². The van der Waals surface area contributed by atoms with Crippen molar-refractivity contribution in [2.75, 3.05) is 31.1 Å². The number of aliphatic carboxylic acids is 1. The molecule has 0 atom stereocenters. The van der Waals surface area contributed by atoms with Crippen LogP contribution in [0.3, 0.4) is 0 Å². The zero-order chi connectivity index (χ0) is 31.5. The second-order valence-corrected chi connectivity index (χ2v) is 11.6. The average molecular weight is 604 g/mol. The van der Waals surface area contributed by atoms with E-state index in [2.05, 4.69) is 12.2 Å². The number of nitrogens with zero attached hydrogens (tertiary/aromatic N) is 2. The molecule has 1 aliphatic rings. The van der Waals surface area contributed by atoms with E-state index in [0.717, 1.165) is 32.0 Å². The van der Waals surface area contributed by atoms with Gasteiger partial charge in [-0.15, -0.1) is 0 Å². The van der Waals surface area contributed by atoms with E-state index < -0.39 is 23.2 Å². The van der Waals surface area contributed by atoms with Crippen LogP contribution in [-0.4, -0.2) is 52.9 Å². The maximum Gasteiger partial charge on any atom is 0.341 e. The van der Waals surface area contributed by atoms with Crippen molar-refractivity contribution < 1.29 is 24.2 Å². The summed E-state index contributed by atoms with van der Waals surface area (Å²) in [6.45, 7) is 7.53. The number of hydrogen-bond donors (Lipinski definition) is 3. The third-order valence-electron chi connectivity index (χ3n) is 8.17. The number of pyridine rings is 1. The molecular formula is C34H54FN3O5. The number of aromatic carboxylic acids is 1. The van der Waals surface area contributed by atoms with E-state index in [-0.39, 0.29) is 10.9 Å². The average Bonchev–Trinajstić information content (AvgIpc) is 3.00. The number of aryl methyl sites for hydroxylation is 1. The number of halogens is 1. The number of benzene rings is 1. The first kappa shape index (κ1) is 36.3. The van der Waals surface area contributed by atoms with Crippen LogP contribution in [0.2, 0.25) is 0 Å². The smallest absolute Gasteiger partial charge is 0.341 e. The van der Waals surface area contributed by atoms with Crippen molar-refractivity contribution in [3.05, 3.63) is 39.9 Å². The minimum Gasteiger partial charge on any atom is -0.481 e. The summed E-state index contributed by atoms with van der Waals surface area (Å²) in [5.41, 5.74) is 0.0118. The number of fused-ring (bicyclic) bond motifs is 1. The molecule has 9 heteroatoms. The molecule has 0 amide bonds. The first-order valence-electron chi connectivity index (χ1n) is 16.6. The highest BCUT2D eigenvalue weighted by molar-refractivity contribution is 5.93. The molecule has 43 heavy (non-hydrogen) atoms. The predicted octanol–water partition coefficient (Wildman–Crippen LogP) is 7.60. The lowest BCUT2D eigenvalue weighted by molar-refractivity contribution is -0.137. The van der Waals surface area contributed by atoms with Crippen molar-refractivity contribution in [3.63, 3.8) is 0 Å². The SMILES string of the molecule is CCCCCCCCCCCCCCCCCC(=O)O.CCn1cc(C(=O)O)c(=O)c2cc(F)c(N3CCNCC3)cc21. The highest BCUT2D eigenvalue weighted by Crippen LogP contribution is 2.25. The predicted molar refractivity (Wildman–Crippen MR) is 173 cm³/mol. The van der Waals surface area contributed by atoms with E-state index in [4.69, 9.17) is 10.2 Å². The van der Waals surface area contributed by atoms with Gasteiger partial charge >= 0.3 is 11.9 Å². The standard InChI is InChI=1S/C18H36O2.C16H18FN3O3/c1-2-3-4-5-6-7-8-9-10-11-12-13-14-15-16-17-18(19)20;1-2-19-9-11(16(22)23)15(21)10-7-12(17)14(8-13(10)19)20-5-3-18-4-6-20/h2-17H2,1H3,(H,19,20);7-9,18H,2-6H2,1H3,(H,22,23). The first-order valence-corrected chi connectivity index (χ1v) is 16.6. The number of aromatic nitrogens is 1. The highest BCUT2D eigenvalue weighted by atomic mass is 19.1. The summed E-state index contributed by atoms with van der Waals surface area (Å²) < 4.78 is 16.2. The largest absolute Gasteiger partial charge is 0.481 e. The van der Waals surface area contributed by atoms with Gasteiger partial charge in [-0.05, 0) is 25.5 Å². The number of carbonyl (C=O) groups is 2. The maximum atomic E-state index is 14.5. The van der Waals surface area contributed by atoms with Crippen molar-refractivity contribution >= 4 is 28.5 Å². The topological polar surface area (TPSA) is 112 Å². The van der Waals surface area contributed by atoms with Gasteiger partial charge in [-0.2, -0.15) is 0 Å². The molecule has 2 heterocycles. The number of piperazine rings is 1. The van der Waals surface area contributed by atoms with Crippen molar-refractivity contribution in [1.29, 1.82) is 0 Å². The van der Waals surface area contributed by atoms with Crippen molar-refractivity contribution in [2.24, 2.45) is 0 Å². The fourth-order valence-electron chi connectivity index (χ4n) is 5.61. The molecule has 1 saturated heterocycles. The van der Waals surface area contributed by atoms with Crippen LogP contribution < -0.4 is 15.6 Å². The molecule has 0 radical (unpaired) electrons. The fourth-order valence-corrected chi connectivity index (χ4v) is 5.61. The van der Waals surface area contributed by atoms with Crippen LogP contribution in [0.25, 0.3) is 10.9 Å². The number of hydrogen-bond acceptors (Lipinski definition) is 5. The summed E-state index contributed by atoms with van der Waals surface area (Å²) in [5, 5.41) is 21.0. The van der Waals surface area contributed by atoms with Gasteiger partial charge in [-0.1, -0.05) is 96.8 Å². The number of anilines is 1. The molecule has 0 aliphatic carbocycles. The van der Waals surface area contributed by atoms with E-state index in [9.17, 15) is 18.8 Å². The molecular weight excluding hydrogens is 549 g/mol. The Morgan fingerprint density at radius 3 is 1.79 bits per heavy atom. The Hall–Kier alpha value is -2.94. The van der Waals surface area contributed by atoms with Crippen LogP contribution in [-0.2, 0) is 11.3 Å². The molecule has 0 bridgehead atoms. The number of rotatable bonds is 19. The molecule has 242 valence electrons. The molecule has 2 aromatic rings. The van der Waals surface area contributed by atoms with Gasteiger partial charge in [-0.3, -0.25) is 9.59 Å². The second kappa shape index (κ2) is 20.9. The Morgan fingerprint density at radius 1 is 0.814 bits per heavy atom. The minimum atomic E-state index is -1.30. The van der Waals surface area contributed by atoms with Gasteiger partial charge in [0.25, 0.3) is 0 Å². The van der Waals surface area contributed by atoms with Crippen molar-refractivity contribution in [1.82, 2.24) is 9.88 Å². The molecule has 1 aromatic heterocycles. The number of carboxylic acid groups (broad SMARTS) is 2. The van der Waals surface area contributed by atoms with Gasteiger partial charge < -0.3 is 25.0 Å². The van der Waals surface area contributed by atoms with Crippen LogP contribution in [0.5, 0.6) is 0 Å². The summed E-state index contributed by atoms with van der Waals surface area (Å²) in [7, 11) is 0. The number of nitrogens with one attached hydrogen (secondary N) is 1. The maximum absolute atomic E-state index is 14.5. The van der Waals surface area contributed by atoms with Gasteiger partial charge in [0, 0.05) is 50.7 Å². The lowest BCUT2D eigenvalue weighted by atomic mass is 10.0. The van der Waals surface area contributed by atoms with Crippen LogP contribution >= 0.6 is 0 Å². The molecule has 0 saturated carbocycles. The van der Waals surface area contributed by atoms with Crippen LogP contribution in [0.15, 0.2) is 23.1 Å². The highest BCUT2D eigenvalue weighted by Gasteiger charge is 2.20. The summed E-state index contributed by atoms with van der Waals surface area (Å²) >= 11 is 0. The van der Waals surface area contributed by atoms with Gasteiger partial charge in [-0.25, -0.2) is 9.18 Å². The molecule has 3 rings (SSSR count). The molecule has 8 nitrogen and oxygen atoms in total. The Balaban J connectivity index is 0.000000304. The fraction of sp³-hybridized carbons (Fsp3) is 0.676. The monoisotopic (exact) mass is 603 g/mol. The minimum absolute atomic E-state index is 0.100. The van der Waals surface area contributed by atoms with Crippen LogP contribution in [0.4, 0.5) is 10.1 Å². The number of unbranched alkanes of at least 4 members (excludes halogenated alkanes) is 14. The Morgan fingerprint density at radius 2 is 1.33 bits per heavy atom. The molecule has 0 unspecified atom stereocenters. The van der Waals surface area contributed by atoms with Crippen molar-refractivity contribution in [2.45, 2.75) is 123 Å². The van der Waals surface area contributed by atoms with Gasteiger partial charge in [0.05, 0.1) is 11.2 Å². The zero-order valence-electron chi connectivity index (χ0n) is 26.5. The van der Waals surface area contributed by atoms with E-state index in [1.807, 2.05) is 11.8 Å². The lowest BCUT2D eigenvalue weighted by Crippen LogP contribution is -2.43.